The number of esters is 1. The molecule has 2 bridgehead atoms. The Kier molecular flexibility index (Phi) is 4.24. The standard InChI is InChI=1S/C14H16F6I2N2O3/c1-9(21,14-22(23-14)24-14)8(25)27-10(5-6-2-3-7(10)4-6)11(26,12(15,16)17)13(18,19)20/h6-7,23-24,26H,2-5H2,1H3. The van der Waals surface area contributed by atoms with Crippen LogP contribution in [0.5, 0.6) is 0 Å². The van der Waals surface area contributed by atoms with Crippen LogP contribution in [0.25, 0.3) is 0 Å². The molecule has 2 aliphatic carbocycles. The summed E-state index contributed by atoms with van der Waals surface area (Å²) in [6.45, 7) is 1.42. The van der Waals surface area contributed by atoms with Gasteiger partial charge in [0.05, 0.1) is 0 Å². The second-order valence-electron chi connectivity index (χ2n) is 7.70. The first-order valence-electron chi connectivity index (χ1n) is 8.16. The van der Waals surface area contributed by atoms with Gasteiger partial charge >= 0.3 is 172 Å². The van der Waals surface area contributed by atoms with Crippen LogP contribution in [-0.2, 0) is 9.53 Å². The van der Waals surface area contributed by atoms with Gasteiger partial charge in [0.1, 0.15) is 0 Å². The number of carbonyl (C=O) groups is 1. The Labute approximate surface area is 171 Å². The Morgan fingerprint density at radius 1 is 1.19 bits per heavy atom. The normalized spacial score (nSPS) is 37.6. The third-order valence-electron chi connectivity index (χ3n) is 6.19. The summed E-state index contributed by atoms with van der Waals surface area (Å²) in [5.41, 5.74) is -8.17. The minimum atomic E-state index is -6.04. The Balaban J connectivity index is 1.76. The van der Waals surface area contributed by atoms with Gasteiger partial charge in [-0.1, -0.05) is 0 Å². The zero-order chi connectivity index (χ0) is 20.3. The Hall–Kier alpha value is 0.390. The molecule has 4 atom stereocenters. The molecular formula is C14H16F6I2N2O3. The van der Waals surface area contributed by atoms with Crippen molar-refractivity contribution < 1.29 is 41.0 Å². The zero-order valence-electron chi connectivity index (χ0n) is 13.8. The number of halogens is 8. The van der Waals surface area contributed by atoms with Gasteiger partial charge in [0, 0.05) is 0 Å². The van der Waals surface area contributed by atoms with Gasteiger partial charge in [-0.05, 0) is 0 Å². The molecule has 0 radical (unpaired) electrons. The molecule has 0 spiro atoms. The maximum atomic E-state index is 13.6. The number of fused-ring (bicyclic) bond motifs is 3. The van der Waals surface area contributed by atoms with Crippen LogP contribution in [0.3, 0.4) is 0 Å². The summed E-state index contributed by atoms with van der Waals surface area (Å²) in [4.78, 5) is 12.8. The maximum absolute atomic E-state index is 13.6. The zero-order valence-corrected chi connectivity index (χ0v) is 18.1. The van der Waals surface area contributed by atoms with Crippen molar-refractivity contribution in [1.82, 2.24) is 7.06 Å². The number of rotatable bonds is 4. The molecule has 5 nitrogen and oxygen atoms in total. The number of ether oxygens (including phenoxy) is 1. The molecule has 0 amide bonds. The number of carbonyl (C=O) groups excluding carboxylic acids is 1. The van der Waals surface area contributed by atoms with E-state index in [9.17, 15) is 36.2 Å². The van der Waals surface area contributed by atoms with Crippen molar-refractivity contribution in [3.8, 4) is 0 Å². The van der Waals surface area contributed by atoms with Crippen molar-refractivity contribution in [3.05, 3.63) is 0 Å². The molecule has 13 heteroatoms. The van der Waals surface area contributed by atoms with E-state index in [1.54, 1.807) is 22.6 Å². The molecule has 4 aliphatic rings. The van der Waals surface area contributed by atoms with E-state index in [0.717, 1.165) is 0 Å². The third kappa shape index (κ3) is 2.49. The van der Waals surface area contributed by atoms with Gasteiger partial charge in [-0.2, -0.15) is 0 Å². The number of hydrogen-bond donors (Lipinski definition) is 3. The Morgan fingerprint density at radius 2 is 1.70 bits per heavy atom. The van der Waals surface area contributed by atoms with E-state index in [1.165, 1.54) is 6.92 Å². The van der Waals surface area contributed by atoms with Crippen LogP contribution >= 0.6 is 43.0 Å². The molecule has 0 aromatic rings. The molecule has 4 unspecified atom stereocenters. The van der Waals surface area contributed by atoms with Gasteiger partial charge in [-0.3, -0.25) is 0 Å². The second kappa shape index (κ2) is 5.55. The summed E-state index contributed by atoms with van der Waals surface area (Å²) in [6.07, 6.45) is -12.2. The van der Waals surface area contributed by atoms with E-state index in [4.69, 9.17) is 4.74 Å². The summed E-state index contributed by atoms with van der Waals surface area (Å²) < 4.78 is 91.0. The number of aliphatic hydroxyl groups is 1. The average Bonchev–Trinajstić information content (AvgIpc) is 3.28. The molecule has 4 rings (SSSR count). The van der Waals surface area contributed by atoms with Crippen molar-refractivity contribution in [1.29, 1.82) is 0 Å². The van der Waals surface area contributed by atoms with Crippen LogP contribution in [0.4, 0.5) is 26.3 Å². The SMILES string of the molecule is CC(I)(C(=O)OC1(C(O)(C(F)(F)F)C(F)(F)F)CC2CCC1C2)C12NI1N2. The Bertz CT molecular complexity index is 679. The van der Waals surface area contributed by atoms with Crippen LogP contribution in [0.2, 0.25) is 0 Å². The third-order valence-corrected chi connectivity index (χ3v) is 13.3. The van der Waals surface area contributed by atoms with Gasteiger partial charge in [0.25, 0.3) is 0 Å². The topological polar surface area (TPSA) is 90.4 Å². The fourth-order valence-electron chi connectivity index (χ4n) is 4.54. The van der Waals surface area contributed by atoms with E-state index in [0.29, 0.717) is 6.42 Å². The van der Waals surface area contributed by atoms with Crippen molar-refractivity contribution in [2.45, 2.75) is 63.3 Å². The Morgan fingerprint density at radius 3 is 2.04 bits per heavy atom. The molecule has 0 aromatic carbocycles. The minimum absolute atomic E-state index is 0.0461. The second-order valence-corrected chi connectivity index (χ2v) is 14.2. The molecule has 2 saturated carbocycles. The van der Waals surface area contributed by atoms with Crippen LogP contribution in [-0.4, -0.2) is 41.7 Å². The van der Waals surface area contributed by atoms with Crippen molar-refractivity contribution in [2.24, 2.45) is 11.8 Å². The number of nitrogens with one attached hydrogen (secondary N) is 2. The van der Waals surface area contributed by atoms with Crippen molar-refractivity contribution in [2.75, 3.05) is 0 Å². The summed E-state index contributed by atoms with van der Waals surface area (Å²) in [7, 11) is 0. The number of hydrogen-bond acceptors (Lipinski definition) is 5. The molecule has 3 N–H and O–H groups in total. The van der Waals surface area contributed by atoms with E-state index in [1.807, 2.05) is 0 Å². The van der Waals surface area contributed by atoms with Crippen LogP contribution < -0.4 is 7.06 Å². The predicted octanol–water partition coefficient (Wildman–Crippen LogP) is 3.33. The first-order chi connectivity index (χ1) is 12.1. The molecule has 2 aliphatic heterocycles. The summed E-state index contributed by atoms with van der Waals surface area (Å²) >= 11 is -0.0167. The molecule has 0 aromatic heterocycles. The first-order valence-corrected chi connectivity index (χ1v) is 12.5. The molecule has 27 heavy (non-hydrogen) atoms. The van der Waals surface area contributed by atoms with Crippen LogP contribution in [0, 0.1) is 11.8 Å². The van der Waals surface area contributed by atoms with E-state index in [2.05, 4.69) is 7.06 Å². The molecule has 2 heterocycles. The monoisotopic (exact) mass is 628 g/mol. The first kappa shape index (κ1) is 20.7. The average molecular weight is 628 g/mol. The molecule has 156 valence electrons. The quantitative estimate of drug-likeness (QED) is 0.0847. The van der Waals surface area contributed by atoms with Crippen molar-refractivity contribution >= 4 is 48.9 Å². The van der Waals surface area contributed by atoms with E-state index < -0.39 is 75.2 Å². The van der Waals surface area contributed by atoms with Crippen molar-refractivity contribution in [3.63, 3.8) is 0 Å². The molecule has 2 saturated heterocycles. The fraction of sp³-hybridized carbons (Fsp3) is 0.929. The summed E-state index contributed by atoms with van der Waals surface area (Å²) in [5.74, 6) is -2.81. The number of alkyl halides is 8. The fourth-order valence-corrected chi connectivity index (χ4v) is 12.3. The van der Waals surface area contributed by atoms with Crippen LogP contribution in [0.15, 0.2) is 0 Å². The predicted molar refractivity (Wildman–Crippen MR) is 96.8 cm³/mol. The molecule has 4 fully saturated rings. The van der Waals surface area contributed by atoms with Gasteiger partial charge in [-0.25, -0.2) is 0 Å². The summed E-state index contributed by atoms with van der Waals surface area (Å²) in [6, 6.07) is 0. The molecular weight excluding hydrogens is 612 g/mol. The van der Waals surface area contributed by atoms with Gasteiger partial charge in [0.2, 0.25) is 0 Å². The van der Waals surface area contributed by atoms with Gasteiger partial charge in [0.15, 0.2) is 0 Å². The van der Waals surface area contributed by atoms with E-state index in [-0.39, 0.29) is 12.8 Å². The van der Waals surface area contributed by atoms with E-state index >= 15 is 0 Å². The summed E-state index contributed by atoms with van der Waals surface area (Å²) in [5, 5.41) is 10.1. The van der Waals surface area contributed by atoms with Crippen LogP contribution in [0.1, 0.15) is 32.6 Å². The van der Waals surface area contributed by atoms with Gasteiger partial charge < -0.3 is 0 Å². The van der Waals surface area contributed by atoms with Gasteiger partial charge in [-0.15, -0.1) is 0 Å².